The summed E-state index contributed by atoms with van der Waals surface area (Å²) in [5.41, 5.74) is -2.06. The number of halogens is 3. The maximum atomic E-state index is 13.1. The third-order valence-corrected chi connectivity index (χ3v) is 2.77. The van der Waals surface area contributed by atoms with Crippen LogP contribution in [0.4, 0.5) is 13.2 Å². The predicted molar refractivity (Wildman–Crippen MR) is 62.1 cm³/mol. The Morgan fingerprint density at radius 2 is 2.00 bits per heavy atom. The van der Waals surface area contributed by atoms with E-state index in [0.717, 1.165) is 0 Å². The van der Waals surface area contributed by atoms with Crippen molar-refractivity contribution in [2.75, 3.05) is 0 Å². The molecule has 0 amide bonds. The molecule has 3 rings (SSSR count). The lowest BCUT2D eigenvalue weighted by Crippen LogP contribution is -2.18. The van der Waals surface area contributed by atoms with Gasteiger partial charge in [0.1, 0.15) is 11.1 Å². The number of nitrogens with zero attached hydrogens (tertiary/aromatic N) is 5. The molecule has 0 radical (unpaired) electrons. The second-order valence-corrected chi connectivity index (χ2v) is 4.03. The molecule has 3 aromatic rings. The van der Waals surface area contributed by atoms with E-state index < -0.39 is 23.4 Å². The minimum atomic E-state index is -4.89. The molecule has 0 aliphatic carbocycles. The van der Waals surface area contributed by atoms with Crippen LogP contribution in [0.5, 0.6) is 0 Å². The molecule has 3 heterocycles. The molecule has 7 nitrogen and oxygen atoms in total. The predicted octanol–water partition coefficient (Wildman–Crippen LogP) is 1.63. The van der Waals surface area contributed by atoms with E-state index in [-0.39, 0.29) is 11.3 Å². The molecule has 3 aromatic heterocycles. The first-order valence-corrected chi connectivity index (χ1v) is 5.57. The normalized spacial score (nSPS) is 12.0. The van der Waals surface area contributed by atoms with Gasteiger partial charge in [-0.25, -0.2) is 19.0 Å². The molecule has 0 bridgehead atoms. The molecule has 0 aliphatic heterocycles. The molecule has 0 fully saturated rings. The summed E-state index contributed by atoms with van der Waals surface area (Å²) in [7, 11) is 0. The second kappa shape index (κ2) is 4.30. The summed E-state index contributed by atoms with van der Waals surface area (Å²) in [6, 6.07) is 1.45. The van der Waals surface area contributed by atoms with Crippen molar-refractivity contribution >= 4 is 11.5 Å². The number of alkyl halides is 3. The maximum Gasteiger partial charge on any atom is 0.434 e. The Morgan fingerprint density at radius 3 is 2.67 bits per heavy atom. The fourth-order valence-corrected chi connectivity index (χ4v) is 1.94. The average Bonchev–Trinajstić information content (AvgIpc) is 3.04. The Balaban J connectivity index is 2.33. The van der Waals surface area contributed by atoms with Gasteiger partial charge in [-0.2, -0.15) is 23.4 Å². The van der Waals surface area contributed by atoms with Crippen LogP contribution < -0.4 is 0 Å². The van der Waals surface area contributed by atoms with Gasteiger partial charge in [0.2, 0.25) is 0 Å². The highest BCUT2D eigenvalue weighted by Crippen LogP contribution is 2.33. The Morgan fingerprint density at radius 1 is 1.24 bits per heavy atom. The van der Waals surface area contributed by atoms with Crippen LogP contribution in [0.2, 0.25) is 0 Å². The molecule has 10 heteroatoms. The van der Waals surface area contributed by atoms with Gasteiger partial charge in [-0.05, 0) is 6.07 Å². The largest absolute Gasteiger partial charge is 0.478 e. The minimum absolute atomic E-state index is 0.158. The number of carbonyl (C=O) groups is 1. The van der Waals surface area contributed by atoms with Gasteiger partial charge in [-0.3, -0.25) is 0 Å². The highest BCUT2D eigenvalue weighted by Gasteiger charge is 2.41. The molecular formula is C11H6F3N5O2. The van der Waals surface area contributed by atoms with Crippen LogP contribution in [0, 0.1) is 0 Å². The number of hydrogen-bond donors (Lipinski definition) is 1. The molecule has 0 aromatic carbocycles. The van der Waals surface area contributed by atoms with Crippen LogP contribution in [-0.4, -0.2) is 35.5 Å². The van der Waals surface area contributed by atoms with Crippen LogP contribution >= 0.6 is 0 Å². The molecule has 108 valence electrons. The van der Waals surface area contributed by atoms with Gasteiger partial charge in [0.25, 0.3) is 0 Å². The molecule has 0 spiro atoms. The van der Waals surface area contributed by atoms with Gasteiger partial charge >= 0.3 is 12.1 Å². The molecule has 21 heavy (non-hydrogen) atoms. The maximum absolute atomic E-state index is 13.1. The Kier molecular flexibility index (Phi) is 2.68. The van der Waals surface area contributed by atoms with Gasteiger partial charge in [0.05, 0.1) is 12.4 Å². The third kappa shape index (κ3) is 2.00. The van der Waals surface area contributed by atoms with E-state index in [1.165, 1.54) is 29.2 Å². The summed E-state index contributed by atoms with van der Waals surface area (Å²) in [5, 5.41) is 16.3. The number of carboxylic acids is 1. The number of rotatable bonds is 2. The standard InChI is InChI=1S/C11H6F3N5O2/c12-11(13,14)8-6(10(20)21)5-17-19(8)9-7-1-2-16-18(7)4-3-15-9/h1-5H,(H,20,21). The molecule has 0 unspecified atom stereocenters. The van der Waals surface area contributed by atoms with E-state index in [1.807, 2.05) is 0 Å². The highest BCUT2D eigenvalue weighted by molar-refractivity contribution is 5.89. The van der Waals surface area contributed by atoms with E-state index in [2.05, 4.69) is 15.2 Å². The fraction of sp³-hybridized carbons (Fsp3) is 0.0909. The van der Waals surface area contributed by atoms with E-state index in [9.17, 15) is 18.0 Å². The van der Waals surface area contributed by atoms with Crippen LogP contribution in [0.3, 0.4) is 0 Å². The van der Waals surface area contributed by atoms with Crippen molar-refractivity contribution in [3.63, 3.8) is 0 Å². The zero-order valence-corrected chi connectivity index (χ0v) is 10.1. The van der Waals surface area contributed by atoms with Gasteiger partial charge in [0.15, 0.2) is 11.5 Å². The van der Waals surface area contributed by atoms with Crippen molar-refractivity contribution in [3.8, 4) is 5.82 Å². The summed E-state index contributed by atoms with van der Waals surface area (Å²) < 4.78 is 41.2. The molecular weight excluding hydrogens is 291 g/mol. The first-order chi connectivity index (χ1) is 9.89. The fourth-order valence-electron chi connectivity index (χ4n) is 1.94. The molecule has 1 N–H and O–H groups in total. The smallest absolute Gasteiger partial charge is 0.434 e. The number of fused-ring (bicyclic) bond motifs is 1. The lowest BCUT2D eigenvalue weighted by atomic mass is 10.2. The Hall–Kier alpha value is -2.91. The van der Waals surface area contributed by atoms with Crippen molar-refractivity contribution in [2.24, 2.45) is 0 Å². The van der Waals surface area contributed by atoms with Crippen molar-refractivity contribution in [1.29, 1.82) is 0 Å². The Labute approximate surface area is 114 Å². The van der Waals surface area contributed by atoms with Gasteiger partial charge < -0.3 is 5.11 Å². The zero-order valence-electron chi connectivity index (χ0n) is 10.1. The molecule has 0 aliphatic rings. The lowest BCUT2D eigenvalue weighted by Gasteiger charge is -2.11. The number of carboxylic acid groups (broad SMARTS) is 1. The van der Waals surface area contributed by atoms with Gasteiger partial charge in [-0.15, -0.1) is 0 Å². The average molecular weight is 297 g/mol. The van der Waals surface area contributed by atoms with Crippen molar-refractivity contribution in [2.45, 2.75) is 6.18 Å². The monoisotopic (exact) mass is 297 g/mol. The van der Waals surface area contributed by atoms with Gasteiger partial charge in [0, 0.05) is 12.4 Å². The van der Waals surface area contributed by atoms with Crippen molar-refractivity contribution in [1.82, 2.24) is 24.4 Å². The van der Waals surface area contributed by atoms with Crippen LogP contribution in [-0.2, 0) is 6.18 Å². The lowest BCUT2D eigenvalue weighted by molar-refractivity contribution is -0.143. The van der Waals surface area contributed by atoms with E-state index in [0.29, 0.717) is 10.9 Å². The summed E-state index contributed by atoms with van der Waals surface area (Å²) in [4.78, 5) is 14.8. The zero-order chi connectivity index (χ0) is 15.2. The molecule has 0 saturated heterocycles. The van der Waals surface area contributed by atoms with Crippen molar-refractivity contribution < 1.29 is 23.1 Å². The first kappa shape index (κ1) is 13.1. The second-order valence-electron chi connectivity index (χ2n) is 4.03. The topological polar surface area (TPSA) is 85.3 Å². The SMILES string of the molecule is O=C(O)c1cnn(-c2nccn3nccc23)c1C(F)(F)F. The third-order valence-electron chi connectivity index (χ3n) is 2.77. The molecule has 0 atom stereocenters. The molecule has 0 saturated carbocycles. The first-order valence-electron chi connectivity index (χ1n) is 5.57. The summed E-state index contributed by atoms with van der Waals surface area (Å²) >= 11 is 0. The van der Waals surface area contributed by atoms with Crippen LogP contribution in [0.25, 0.3) is 11.3 Å². The van der Waals surface area contributed by atoms with Crippen LogP contribution in [0.15, 0.2) is 30.9 Å². The number of aromatic nitrogens is 5. The van der Waals surface area contributed by atoms with E-state index in [4.69, 9.17) is 5.11 Å². The summed E-state index contributed by atoms with van der Waals surface area (Å²) in [6.07, 6.45) is -0.161. The number of aromatic carboxylic acids is 1. The van der Waals surface area contributed by atoms with Crippen molar-refractivity contribution in [3.05, 3.63) is 42.1 Å². The quantitative estimate of drug-likeness (QED) is 0.777. The van der Waals surface area contributed by atoms with E-state index in [1.54, 1.807) is 0 Å². The highest BCUT2D eigenvalue weighted by atomic mass is 19.4. The van der Waals surface area contributed by atoms with E-state index >= 15 is 0 Å². The number of hydrogen-bond acceptors (Lipinski definition) is 4. The summed E-state index contributed by atoms with van der Waals surface area (Å²) in [6.45, 7) is 0. The van der Waals surface area contributed by atoms with Gasteiger partial charge in [-0.1, -0.05) is 0 Å². The van der Waals surface area contributed by atoms with Crippen LogP contribution in [0.1, 0.15) is 16.1 Å². The summed E-state index contributed by atoms with van der Waals surface area (Å²) in [5.74, 6) is -1.87. The minimum Gasteiger partial charge on any atom is -0.478 e. The Bertz CT molecular complexity index is 836.